The molecule has 1 aromatic carbocycles. The number of anilines is 1. The van der Waals surface area contributed by atoms with E-state index in [0.29, 0.717) is 10.8 Å². The van der Waals surface area contributed by atoms with Crippen molar-refractivity contribution in [2.75, 3.05) is 12.4 Å². The van der Waals surface area contributed by atoms with Crippen molar-refractivity contribution < 1.29 is 9.18 Å². The number of hydrogen-bond donors (Lipinski definition) is 2. The van der Waals surface area contributed by atoms with Gasteiger partial charge in [0.1, 0.15) is 11.5 Å². The average molecular weight is 342 g/mol. The molecular weight excluding hydrogens is 327 g/mol. The van der Waals surface area contributed by atoms with Gasteiger partial charge in [-0.3, -0.25) is 9.78 Å². The van der Waals surface area contributed by atoms with Crippen LogP contribution in [0.4, 0.5) is 9.52 Å². The predicted molar refractivity (Wildman–Crippen MR) is 91.6 cm³/mol. The van der Waals surface area contributed by atoms with Crippen LogP contribution in [0, 0.1) is 5.82 Å². The first kappa shape index (κ1) is 16.1. The molecule has 0 saturated carbocycles. The lowest BCUT2D eigenvalue weighted by Gasteiger charge is -2.19. The molecule has 122 valence electrons. The first-order chi connectivity index (χ1) is 11.7. The number of carbonyl (C=O) groups excluding carboxylic acids is 1. The Hall–Kier alpha value is -2.80. The first-order valence-corrected chi connectivity index (χ1v) is 8.15. The number of thiazole rings is 1. The number of nitrogens with one attached hydrogen (secondary N) is 2. The zero-order valence-corrected chi connectivity index (χ0v) is 13.7. The highest BCUT2D eigenvalue weighted by Gasteiger charge is 2.19. The van der Waals surface area contributed by atoms with Crippen molar-refractivity contribution in [2.24, 2.45) is 0 Å². The highest BCUT2D eigenvalue weighted by Crippen LogP contribution is 2.23. The fraction of sp³-hybridized carbons (Fsp3) is 0.118. The molecule has 3 rings (SSSR count). The fourth-order valence-corrected chi connectivity index (χ4v) is 2.92. The average Bonchev–Trinajstić information content (AvgIpc) is 3.10. The molecule has 0 spiro atoms. The van der Waals surface area contributed by atoms with E-state index in [4.69, 9.17) is 0 Å². The summed E-state index contributed by atoms with van der Waals surface area (Å²) in [6.07, 6.45) is 3.31. The van der Waals surface area contributed by atoms with Gasteiger partial charge in [-0.25, -0.2) is 9.37 Å². The van der Waals surface area contributed by atoms with Crippen LogP contribution in [0.2, 0.25) is 0 Å². The Morgan fingerprint density at radius 2 is 1.79 bits per heavy atom. The maximum atomic E-state index is 13.2. The fourth-order valence-electron chi connectivity index (χ4n) is 2.27. The third-order valence-corrected chi connectivity index (χ3v) is 4.33. The Balaban J connectivity index is 1.90. The number of amides is 1. The highest BCUT2D eigenvalue weighted by molar-refractivity contribution is 7.13. The third kappa shape index (κ3) is 3.57. The smallest absolute Gasteiger partial charge is 0.271 e. The highest BCUT2D eigenvalue weighted by atomic mass is 32.1. The zero-order valence-electron chi connectivity index (χ0n) is 12.9. The van der Waals surface area contributed by atoms with Crippen molar-refractivity contribution >= 4 is 22.4 Å². The van der Waals surface area contributed by atoms with Gasteiger partial charge in [0.2, 0.25) is 0 Å². The molecule has 7 heteroatoms. The molecule has 5 nitrogen and oxygen atoms in total. The van der Waals surface area contributed by atoms with Crippen LogP contribution in [0.5, 0.6) is 0 Å². The van der Waals surface area contributed by atoms with E-state index in [9.17, 15) is 9.18 Å². The summed E-state index contributed by atoms with van der Waals surface area (Å²) in [7, 11) is 1.75. The lowest BCUT2D eigenvalue weighted by molar-refractivity contribution is 0.0938. The number of benzene rings is 1. The molecule has 0 aliphatic heterocycles. The Labute approximate surface area is 142 Å². The third-order valence-electron chi connectivity index (χ3n) is 3.47. The predicted octanol–water partition coefficient (Wildman–Crippen LogP) is 3.24. The number of halogens is 1. The van der Waals surface area contributed by atoms with Gasteiger partial charge in [0, 0.05) is 24.8 Å². The monoisotopic (exact) mass is 342 g/mol. The molecule has 0 fully saturated rings. The van der Waals surface area contributed by atoms with E-state index in [0.717, 1.165) is 11.1 Å². The molecule has 2 N–H and O–H groups in total. The van der Waals surface area contributed by atoms with E-state index in [2.05, 4.69) is 20.6 Å². The first-order valence-electron chi connectivity index (χ1n) is 7.27. The molecule has 0 radical (unpaired) electrons. The summed E-state index contributed by atoms with van der Waals surface area (Å²) in [5.74, 6) is -0.615. The molecule has 1 amide bonds. The minimum Gasteiger partial charge on any atom is -0.365 e. The molecule has 2 heterocycles. The largest absolute Gasteiger partial charge is 0.365 e. The lowest BCUT2D eigenvalue weighted by atomic mass is 9.99. The number of pyridine rings is 1. The Kier molecular flexibility index (Phi) is 4.81. The summed E-state index contributed by atoms with van der Waals surface area (Å²) in [5.41, 5.74) is 1.97. The zero-order chi connectivity index (χ0) is 16.9. The van der Waals surface area contributed by atoms with Crippen LogP contribution in [0.1, 0.15) is 27.7 Å². The van der Waals surface area contributed by atoms with Gasteiger partial charge >= 0.3 is 0 Å². The summed E-state index contributed by atoms with van der Waals surface area (Å²) in [5, 5.41) is 8.21. The second kappa shape index (κ2) is 7.18. The second-order valence-corrected chi connectivity index (χ2v) is 5.88. The number of carbonyl (C=O) groups is 1. The summed E-state index contributed by atoms with van der Waals surface area (Å²) in [6, 6.07) is 9.26. The standard InChI is InChI=1S/C17H15FN4OS/c1-19-17-21-14(10-24-17)16(23)22-15(12-6-8-20-9-7-12)11-2-4-13(18)5-3-11/h2-10,15H,1H3,(H,19,21)(H,22,23)/t15-/m0/s1. The summed E-state index contributed by atoms with van der Waals surface area (Å²) >= 11 is 1.36. The van der Waals surface area contributed by atoms with Gasteiger partial charge in [0.25, 0.3) is 5.91 Å². The molecule has 0 unspecified atom stereocenters. The minimum absolute atomic E-state index is 0.293. The normalized spacial score (nSPS) is 11.8. The molecule has 0 saturated heterocycles. The molecule has 3 aromatic rings. The van der Waals surface area contributed by atoms with E-state index in [1.165, 1.54) is 23.5 Å². The van der Waals surface area contributed by atoms with Gasteiger partial charge in [0.15, 0.2) is 5.13 Å². The van der Waals surface area contributed by atoms with Gasteiger partial charge in [-0.15, -0.1) is 11.3 Å². The van der Waals surface area contributed by atoms with Gasteiger partial charge in [-0.1, -0.05) is 12.1 Å². The number of rotatable bonds is 5. The molecular formula is C17H15FN4OS. The van der Waals surface area contributed by atoms with Crippen LogP contribution < -0.4 is 10.6 Å². The van der Waals surface area contributed by atoms with Crippen LogP contribution >= 0.6 is 11.3 Å². The van der Waals surface area contributed by atoms with Crippen LogP contribution in [0.15, 0.2) is 54.2 Å². The molecule has 24 heavy (non-hydrogen) atoms. The molecule has 0 aliphatic rings. The van der Waals surface area contributed by atoms with Crippen LogP contribution in [0.25, 0.3) is 0 Å². The summed E-state index contributed by atoms with van der Waals surface area (Å²) < 4.78 is 13.2. The van der Waals surface area contributed by atoms with Crippen molar-refractivity contribution in [3.05, 3.63) is 76.8 Å². The number of nitrogens with zero attached hydrogens (tertiary/aromatic N) is 2. The lowest BCUT2D eigenvalue weighted by Crippen LogP contribution is -2.29. The van der Waals surface area contributed by atoms with E-state index in [1.54, 1.807) is 37.0 Å². The van der Waals surface area contributed by atoms with Gasteiger partial charge < -0.3 is 10.6 Å². The van der Waals surface area contributed by atoms with Crippen molar-refractivity contribution in [2.45, 2.75) is 6.04 Å². The van der Waals surface area contributed by atoms with Crippen LogP contribution in [-0.4, -0.2) is 22.9 Å². The van der Waals surface area contributed by atoms with Gasteiger partial charge in [-0.05, 0) is 35.4 Å². The SMILES string of the molecule is CNc1nc(C(=O)N[C@H](c2ccncc2)c2ccc(F)cc2)cs1. The number of hydrogen-bond acceptors (Lipinski definition) is 5. The maximum absolute atomic E-state index is 13.2. The Morgan fingerprint density at radius 1 is 1.12 bits per heavy atom. The van der Waals surface area contributed by atoms with Crippen molar-refractivity contribution in [3.8, 4) is 0 Å². The quantitative estimate of drug-likeness (QED) is 0.747. The van der Waals surface area contributed by atoms with Crippen molar-refractivity contribution in [1.82, 2.24) is 15.3 Å². The van der Waals surface area contributed by atoms with E-state index in [-0.39, 0.29) is 11.7 Å². The van der Waals surface area contributed by atoms with E-state index >= 15 is 0 Å². The van der Waals surface area contributed by atoms with Gasteiger partial charge in [-0.2, -0.15) is 0 Å². The second-order valence-electron chi connectivity index (χ2n) is 5.03. The van der Waals surface area contributed by atoms with Crippen LogP contribution in [-0.2, 0) is 0 Å². The summed E-state index contributed by atoms with van der Waals surface area (Å²) in [6.45, 7) is 0. The molecule has 2 aromatic heterocycles. The van der Waals surface area contributed by atoms with E-state index in [1.807, 2.05) is 12.1 Å². The Morgan fingerprint density at radius 3 is 2.42 bits per heavy atom. The van der Waals surface area contributed by atoms with Crippen molar-refractivity contribution in [1.29, 1.82) is 0 Å². The Bertz CT molecular complexity index is 820. The molecule has 1 atom stereocenters. The van der Waals surface area contributed by atoms with E-state index < -0.39 is 6.04 Å². The molecule has 0 bridgehead atoms. The summed E-state index contributed by atoms with van der Waals surface area (Å²) in [4.78, 5) is 20.7. The van der Waals surface area contributed by atoms with Crippen LogP contribution in [0.3, 0.4) is 0 Å². The number of aromatic nitrogens is 2. The van der Waals surface area contributed by atoms with Crippen molar-refractivity contribution in [3.63, 3.8) is 0 Å². The maximum Gasteiger partial charge on any atom is 0.271 e. The molecule has 0 aliphatic carbocycles. The minimum atomic E-state index is -0.416. The topological polar surface area (TPSA) is 66.9 Å². The van der Waals surface area contributed by atoms with Gasteiger partial charge in [0.05, 0.1) is 6.04 Å².